The third-order valence-electron chi connectivity index (χ3n) is 10.2. The van der Waals surface area contributed by atoms with Crippen LogP contribution in [0.25, 0.3) is 83.0 Å². The Hall–Kier alpha value is -6.26. The van der Waals surface area contributed by atoms with Gasteiger partial charge in [-0.1, -0.05) is 138 Å². The minimum Gasteiger partial charge on any atom is -0.506 e. The fourth-order valence-corrected chi connectivity index (χ4v) is 7.68. The van der Waals surface area contributed by atoms with Gasteiger partial charge in [0.1, 0.15) is 35.1 Å². The molecule has 6 heteroatoms. The van der Waals surface area contributed by atoms with Crippen molar-refractivity contribution in [2.45, 2.75) is 6.92 Å². The molecule has 1 heterocycles. The minimum atomic E-state index is -0.131. The van der Waals surface area contributed by atoms with E-state index in [-0.39, 0.29) is 16.7 Å². The number of hydrogen-bond donors (Lipinski definition) is 1. The maximum Gasteiger partial charge on any atom is 0.145 e. The summed E-state index contributed by atoms with van der Waals surface area (Å²) in [6.07, 6.45) is 0. The van der Waals surface area contributed by atoms with Crippen LogP contribution in [0.2, 0.25) is 0 Å². The van der Waals surface area contributed by atoms with Crippen LogP contribution in [0.15, 0.2) is 152 Å². The van der Waals surface area contributed by atoms with Crippen LogP contribution >= 0.6 is 0 Å². The van der Waals surface area contributed by atoms with Crippen LogP contribution in [0.3, 0.4) is 0 Å². The Morgan fingerprint density at radius 1 is 0.481 bits per heavy atom. The summed E-state index contributed by atoms with van der Waals surface area (Å²) >= 11 is 0. The van der Waals surface area contributed by atoms with Gasteiger partial charge in [0.05, 0.1) is 16.7 Å². The van der Waals surface area contributed by atoms with E-state index >= 15 is 0 Å². The molecule has 0 aliphatic carbocycles. The SMILES string of the molecule is [B]c1c([B])c(C)c(-n2c(-c3cccc(-c4c5ccccc5c(-c5cccc(-c6ccccc6)c5)c5ccccc45)c3)nc3ccccc32)c(O)c1[B]. The number of rotatable bonds is 5. The normalized spacial score (nSPS) is 11.5. The Kier molecular flexibility index (Phi) is 7.63. The lowest BCUT2D eigenvalue weighted by molar-refractivity contribution is 0.477. The number of benzene rings is 8. The fourth-order valence-electron chi connectivity index (χ4n) is 7.68. The van der Waals surface area contributed by atoms with Gasteiger partial charge in [-0.25, -0.2) is 4.98 Å². The Labute approximate surface area is 306 Å². The number of fused-ring (bicyclic) bond motifs is 3. The molecule has 0 fully saturated rings. The third-order valence-corrected chi connectivity index (χ3v) is 10.2. The average molecular weight is 658 g/mol. The van der Waals surface area contributed by atoms with Crippen molar-refractivity contribution in [3.8, 4) is 56.2 Å². The van der Waals surface area contributed by atoms with Crippen molar-refractivity contribution in [2.75, 3.05) is 0 Å². The van der Waals surface area contributed by atoms with E-state index in [2.05, 4.69) is 115 Å². The Morgan fingerprint density at radius 2 is 0.962 bits per heavy atom. The van der Waals surface area contributed by atoms with Crippen molar-refractivity contribution in [1.29, 1.82) is 0 Å². The van der Waals surface area contributed by atoms with Crippen LogP contribution in [-0.2, 0) is 0 Å². The highest BCUT2D eigenvalue weighted by Crippen LogP contribution is 2.45. The van der Waals surface area contributed by atoms with Gasteiger partial charge in [0.25, 0.3) is 0 Å². The van der Waals surface area contributed by atoms with Gasteiger partial charge in [-0.05, 0) is 91.7 Å². The molecule has 0 bridgehead atoms. The molecule has 0 aliphatic heterocycles. The van der Waals surface area contributed by atoms with Crippen molar-refractivity contribution < 1.29 is 5.11 Å². The molecule has 1 N–H and O–H groups in total. The Morgan fingerprint density at radius 3 is 1.58 bits per heavy atom. The van der Waals surface area contributed by atoms with E-state index in [1.807, 2.05) is 47.9 Å². The van der Waals surface area contributed by atoms with E-state index in [9.17, 15) is 5.11 Å². The first kappa shape index (κ1) is 31.7. The predicted molar refractivity (Wildman–Crippen MR) is 220 cm³/mol. The van der Waals surface area contributed by atoms with Gasteiger partial charge < -0.3 is 5.11 Å². The second-order valence-electron chi connectivity index (χ2n) is 13.2. The summed E-state index contributed by atoms with van der Waals surface area (Å²) in [5.74, 6) is 0.515. The molecule has 0 unspecified atom stereocenters. The molecule has 9 aromatic rings. The average Bonchev–Trinajstić information content (AvgIpc) is 3.58. The first-order valence-corrected chi connectivity index (χ1v) is 17.2. The maximum absolute atomic E-state index is 11.4. The number of nitrogens with zero attached hydrogens (tertiary/aromatic N) is 2. The molecule has 0 aliphatic rings. The van der Waals surface area contributed by atoms with E-state index in [0.717, 1.165) is 38.5 Å². The maximum atomic E-state index is 11.4. The monoisotopic (exact) mass is 658 g/mol. The molecular weight excluding hydrogens is 629 g/mol. The molecule has 1 aromatic heterocycles. The molecule has 3 nitrogen and oxygen atoms in total. The first-order chi connectivity index (χ1) is 25.4. The molecule has 8 aromatic carbocycles. The largest absolute Gasteiger partial charge is 0.506 e. The predicted octanol–water partition coefficient (Wildman–Crippen LogP) is 8.40. The molecule has 238 valence electrons. The van der Waals surface area contributed by atoms with E-state index in [1.54, 1.807) is 0 Å². The number of hydrogen-bond acceptors (Lipinski definition) is 2. The van der Waals surface area contributed by atoms with Crippen molar-refractivity contribution in [1.82, 2.24) is 9.55 Å². The summed E-state index contributed by atoms with van der Waals surface area (Å²) in [6, 6.07) is 52.9. The lowest BCUT2D eigenvalue weighted by Crippen LogP contribution is -2.41. The van der Waals surface area contributed by atoms with Gasteiger partial charge >= 0.3 is 0 Å². The highest BCUT2D eigenvalue weighted by atomic mass is 16.3. The van der Waals surface area contributed by atoms with Crippen LogP contribution in [0.4, 0.5) is 0 Å². The summed E-state index contributed by atoms with van der Waals surface area (Å²) in [5.41, 5.74) is 11.0. The number of para-hydroxylation sites is 2. The smallest absolute Gasteiger partial charge is 0.145 e. The van der Waals surface area contributed by atoms with Crippen LogP contribution in [0.5, 0.6) is 5.75 Å². The van der Waals surface area contributed by atoms with Gasteiger partial charge in [-0.2, -0.15) is 0 Å². The Balaban J connectivity index is 1.29. The molecular formula is C46H29B3N2O. The third kappa shape index (κ3) is 4.98. The number of aromatic nitrogens is 2. The number of imidazole rings is 1. The summed E-state index contributed by atoms with van der Waals surface area (Å²) in [7, 11) is 18.9. The van der Waals surface area contributed by atoms with Crippen LogP contribution < -0.4 is 16.4 Å². The van der Waals surface area contributed by atoms with Gasteiger partial charge in [0.15, 0.2) is 0 Å². The summed E-state index contributed by atoms with van der Waals surface area (Å²) < 4.78 is 1.93. The Bertz CT molecular complexity index is 2770. The molecule has 52 heavy (non-hydrogen) atoms. The molecule has 0 spiro atoms. The number of phenols is 1. The zero-order chi connectivity index (χ0) is 35.5. The first-order valence-electron chi connectivity index (χ1n) is 17.2. The van der Waals surface area contributed by atoms with Gasteiger partial charge in [0, 0.05) is 5.56 Å². The van der Waals surface area contributed by atoms with Gasteiger partial charge in [-0.3, -0.25) is 4.57 Å². The minimum absolute atomic E-state index is 0.0444. The van der Waals surface area contributed by atoms with Crippen molar-refractivity contribution in [3.05, 3.63) is 157 Å². The topological polar surface area (TPSA) is 38.0 Å². The van der Waals surface area contributed by atoms with Gasteiger partial charge in [0.2, 0.25) is 0 Å². The molecule has 0 amide bonds. The zero-order valence-electron chi connectivity index (χ0n) is 28.5. The molecule has 0 saturated carbocycles. The van der Waals surface area contributed by atoms with Crippen LogP contribution in [-0.4, -0.2) is 38.2 Å². The zero-order valence-corrected chi connectivity index (χ0v) is 28.5. The fraction of sp³-hybridized carbons (Fsp3) is 0.0217. The highest BCUT2D eigenvalue weighted by molar-refractivity contribution is 6.58. The second-order valence-corrected chi connectivity index (χ2v) is 13.2. The lowest BCUT2D eigenvalue weighted by atomic mass is 9.69. The van der Waals surface area contributed by atoms with Gasteiger partial charge in [-0.15, -0.1) is 5.46 Å². The van der Waals surface area contributed by atoms with E-state index < -0.39 is 0 Å². The van der Waals surface area contributed by atoms with Crippen LogP contribution in [0.1, 0.15) is 5.56 Å². The summed E-state index contributed by atoms with van der Waals surface area (Å²) in [6.45, 7) is 1.84. The number of phenolic OH excluding ortho intramolecular Hbond substituents is 1. The molecule has 6 radical (unpaired) electrons. The highest BCUT2D eigenvalue weighted by Gasteiger charge is 2.23. The summed E-state index contributed by atoms with van der Waals surface area (Å²) in [4.78, 5) is 5.11. The standard InChI is InChI=1S/C46H29B3N2O/c1-27-41(47)42(48)43(49)45(52)44(27)51-38-24-10-9-23-37(38)50-46(51)32-18-12-17-31(26-32)40-35-21-7-5-19-33(35)39(34-20-6-8-22-36(34)40)30-16-11-15-29(25-30)28-13-3-2-4-14-28/h2-26,52H,1H3. The number of aromatic hydroxyl groups is 1. The molecule has 0 saturated heterocycles. The van der Waals surface area contributed by atoms with E-state index in [0.29, 0.717) is 22.5 Å². The van der Waals surface area contributed by atoms with Crippen molar-refractivity contribution >= 4 is 72.5 Å². The second kappa shape index (κ2) is 12.5. The van der Waals surface area contributed by atoms with Crippen molar-refractivity contribution in [3.63, 3.8) is 0 Å². The molecule has 9 rings (SSSR count). The summed E-state index contributed by atoms with van der Waals surface area (Å²) in [5, 5.41) is 16.1. The lowest BCUT2D eigenvalue weighted by Gasteiger charge is -2.21. The van der Waals surface area contributed by atoms with Crippen molar-refractivity contribution in [2.24, 2.45) is 0 Å². The van der Waals surface area contributed by atoms with Crippen LogP contribution in [0, 0.1) is 6.92 Å². The van der Waals surface area contributed by atoms with E-state index in [4.69, 9.17) is 28.5 Å². The van der Waals surface area contributed by atoms with E-state index in [1.165, 1.54) is 33.0 Å². The molecule has 0 atom stereocenters. The quantitative estimate of drug-likeness (QED) is 0.149.